The number of hydrogen-bond donors (Lipinski definition) is 0. The van der Waals surface area contributed by atoms with Gasteiger partial charge in [0.05, 0.1) is 13.2 Å². The van der Waals surface area contributed by atoms with Gasteiger partial charge in [-0.25, -0.2) is 0 Å². The molecule has 1 fully saturated rings. The maximum absolute atomic E-state index is 5.36. The Morgan fingerprint density at radius 1 is 1.64 bits per heavy atom. The maximum atomic E-state index is 5.36. The summed E-state index contributed by atoms with van der Waals surface area (Å²) in [6.07, 6.45) is 1.24. The van der Waals surface area contributed by atoms with Crippen molar-refractivity contribution in [2.45, 2.75) is 39.3 Å². The molecule has 0 radical (unpaired) electrons. The molecule has 0 spiro atoms. The monoisotopic (exact) mass is 157 g/mol. The van der Waals surface area contributed by atoms with E-state index in [1.54, 1.807) is 0 Å². The van der Waals surface area contributed by atoms with Gasteiger partial charge in [-0.05, 0) is 20.3 Å². The van der Waals surface area contributed by atoms with Crippen molar-refractivity contribution in [2.75, 3.05) is 19.8 Å². The molecule has 0 amide bonds. The largest absolute Gasteiger partial charge is 0.379 e. The summed E-state index contributed by atoms with van der Waals surface area (Å²) in [5.41, 5.74) is 0. The Labute approximate surface area is 69.5 Å². The lowest BCUT2D eigenvalue weighted by atomic mass is 10.1. The van der Waals surface area contributed by atoms with Crippen LogP contribution in [0.4, 0.5) is 0 Å². The fourth-order valence-corrected chi connectivity index (χ4v) is 1.63. The molecule has 1 heterocycles. The van der Waals surface area contributed by atoms with Gasteiger partial charge in [-0.3, -0.25) is 4.90 Å². The Morgan fingerprint density at radius 2 is 2.36 bits per heavy atom. The average Bonchev–Trinajstić information content (AvgIpc) is 2.04. The van der Waals surface area contributed by atoms with Crippen molar-refractivity contribution in [1.29, 1.82) is 0 Å². The standard InChI is InChI=1S/C9H19NO/c1-4-8(2)10-5-6-11-7-9(10)3/h8-9H,4-7H2,1-3H3/t8?,9-/m1/s1. The minimum Gasteiger partial charge on any atom is -0.379 e. The van der Waals surface area contributed by atoms with Gasteiger partial charge in [-0.15, -0.1) is 0 Å². The molecule has 1 saturated heterocycles. The molecule has 0 aromatic heterocycles. The Bertz CT molecular complexity index is 112. The van der Waals surface area contributed by atoms with Crippen molar-refractivity contribution in [1.82, 2.24) is 4.90 Å². The van der Waals surface area contributed by atoms with Crippen molar-refractivity contribution in [2.24, 2.45) is 0 Å². The lowest BCUT2D eigenvalue weighted by Gasteiger charge is -2.37. The van der Waals surface area contributed by atoms with Crippen LogP contribution < -0.4 is 0 Å². The number of rotatable bonds is 2. The maximum Gasteiger partial charge on any atom is 0.0619 e. The zero-order valence-corrected chi connectivity index (χ0v) is 7.84. The minimum absolute atomic E-state index is 0.610. The summed E-state index contributed by atoms with van der Waals surface area (Å²) >= 11 is 0. The summed E-state index contributed by atoms with van der Waals surface area (Å²) in [7, 11) is 0. The third kappa shape index (κ3) is 2.17. The van der Waals surface area contributed by atoms with Crippen LogP contribution in [0.15, 0.2) is 0 Å². The van der Waals surface area contributed by atoms with Gasteiger partial charge in [0.2, 0.25) is 0 Å². The first-order valence-corrected chi connectivity index (χ1v) is 4.59. The van der Waals surface area contributed by atoms with E-state index in [1.807, 2.05) is 0 Å². The lowest BCUT2D eigenvalue weighted by Crippen LogP contribution is -2.48. The van der Waals surface area contributed by atoms with E-state index in [9.17, 15) is 0 Å². The molecule has 0 bridgehead atoms. The number of morpholine rings is 1. The van der Waals surface area contributed by atoms with Crippen LogP contribution in [-0.4, -0.2) is 36.7 Å². The van der Waals surface area contributed by atoms with Gasteiger partial charge < -0.3 is 4.74 Å². The fraction of sp³-hybridized carbons (Fsp3) is 1.00. The predicted molar refractivity (Wildman–Crippen MR) is 46.7 cm³/mol. The second-order valence-electron chi connectivity index (χ2n) is 3.42. The number of hydrogen-bond acceptors (Lipinski definition) is 2. The first kappa shape index (κ1) is 9.01. The molecule has 2 heteroatoms. The van der Waals surface area contributed by atoms with Crippen molar-refractivity contribution < 1.29 is 4.74 Å². The summed E-state index contributed by atoms with van der Waals surface area (Å²) in [6.45, 7) is 9.70. The molecule has 2 nitrogen and oxygen atoms in total. The second kappa shape index (κ2) is 4.07. The second-order valence-corrected chi connectivity index (χ2v) is 3.42. The Kier molecular flexibility index (Phi) is 3.34. The molecule has 0 aromatic rings. The first-order chi connectivity index (χ1) is 5.25. The summed E-state index contributed by atoms with van der Waals surface area (Å²) in [4.78, 5) is 2.53. The Balaban J connectivity index is 2.40. The number of ether oxygens (including phenoxy) is 1. The molecule has 1 unspecified atom stereocenters. The highest BCUT2D eigenvalue weighted by molar-refractivity contribution is 4.75. The van der Waals surface area contributed by atoms with Crippen LogP contribution in [0.5, 0.6) is 0 Å². The molecule has 0 aromatic carbocycles. The highest BCUT2D eigenvalue weighted by Crippen LogP contribution is 2.12. The molecule has 0 N–H and O–H groups in total. The first-order valence-electron chi connectivity index (χ1n) is 4.59. The average molecular weight is 157 g/mol. The molecule has 2 atom stereocenters. The van der Waals surface area contributed by atoms with E-state index in [1.165, 1.54) is 6.42 Å². The smallest absolute Gasteiger partial charge is 0.0619 e. The molecule has 66 valence electrons. The van der Waals surface area contributed by atoms with Crippen LogP contribution in [0.3, 0.4) is 0 Å². The Morgan fingerprint density at radius 3 is 2.91 bits per heavy atom. The zero-order valence-electron chi connectivity index (χ0n) is 7.84. The van der Waals surface area contributed by atoms with Crippen molar-refractivity contribution in [3.8, 4) is 0 Å². The molecular formula is C9H19NO. The lowest BCUT2D eigenvalue weighted by molar-refractivity contribution is -0.0190. The van der Waals surface area contributed by atoms with E-state index in [0.717, 1.165) is 19.8 Å². The number of nitrogens with zero attached hydrogens (tertiary/aromatic N) is 1. The molecule has 0 saturated carbocycles. The predicted octanol–water partition coefficient (Wildman–Crippen LogP) is 1.51. The van der Waals surface area contributed by atoms with Gasteiger partial charge in [0.1, 0.15) is 0 Å². The fourth-order valence-electron chi connectivity index (χ4n) is 1.63. The van der Waals surface area contributed by atoms with Gasteiger partial charge in [-0.2, -0.15) is 0 Å². The van der Waals surface area contributed by atoms with Crippen LogP contribution in [-0.2, 0) is 4.74 Å². The third-order valence-electron chi connectivity index (χ3n) is 2.58. The van der Waals surface area contributed by atoms with Crippen molar-refractivity contribution >= 4 is 0 Å². The van der Waals surface area contributed by atoms with Gasteiger partial charge in [0.25, 0.3) is 0 Å². The van der Waals surface area contributed by atoms with Crippen molar-refractivity contribution in [3.05, 3.63) is 0 Å². The Hall–Kier alpha value is -0.0800. The molecule has 0 aliphatic carbocycles. The van der Waals surface area contributed by atoms with Crippen LogP contribution >= 0.6 is 0 Å². The molecular weight excluding hydrogens is 138 g/mol. The van der Waals surface area contributed by atoms with Gasteiger partial charge in [0, 0.05) is 18.6 Å². The van der Waals surface area contributed by atoms with E-state index in [0.29, 0.717) is 12.1 Å². The normalized spacial score (nSPS) is 30.3. The summed E-state index contributed by atoms with van der Waals surface area (Å²) in [5.74, 6) is 0. The van der Waals surface area contributed by atoms with Gasteiger partial charge >= 0.3 is 0 Å². The minimum atomic E-state index is 0.610. The molecule has 1 aliphatic heterocycles. The van der Waals surface area contributed by atoms with E-state index in [2.05, 4.69) is 25.7 Å². The topological polar surface area (TPSA) is 12.5 Å². The van der Waals surface area contributed by atoms with E-state index < -0.39 is 0 Å². The van der Waals surface area contributed by atoms with Crippen LogP contribution in [0, 0.1) is 0 Å². The van der Waals surface area contributed by atoms with Crippen LogP contribution in [0.1, 0.15) is 27.2 Å². The highest BCUT2D eigenvalue weighted by atomic mass is 16.5. The third-order valence-corrected chi connectivity index (χ3v) is 2.58. The zero-order chi connectivity index (χ0) is 8.27. The van der Waals surface area contributed by atoms with Crippen LogP contribution in [0.25, 0.3) is 0 Å². The molecule has 1 rings (SSSR count). The van der Waals surface area contributed by atoms with Gasteiger partial charge in [-0.1, -0.05) is 6.92 Å². The van der Waals surface area contributed by atoms with E-state index in [-0.39, 0.29) is 0 Å². The summed E-state index contributed by atoms with van der Waals surface area (Å²) < 4.78 is 5.36. The summed E-state index contributed by atoms with van der Waals surface area (Å²) in [6, 6.07) is 1.33. The quantitative estimate of drug-likeness (QED) is 0.602. The molecule has 11 heavy (non-hydrogen) atoms. The van der Waals surface area contributed by atoms with Crippen molar-refractivity contribution in [3.63, 3.8) is 0 Å². The SMILES string of the molecule is CCC(C)N1CCOC[C@H]1C. The molecule has 1 aliphatic rings. The van der Waals surface area contributed by atoms with Crippen LogP contribution in [0.2, 0.25) is 0 Å². The highest BCUT2D eigenvalue weighted by Gasteiger charge is 2.21. The summed E-state index contributed by atoms with van der Waals surface area (Å²) in [5, 5.41) is 0. The van der Waals surface area contributed by atoms with E-state index in [4.69, 9.17) is 4.74 Å². The van der Waals surface area contributed by atoms with E-state index >= 15 is 0 Å². The van der Waals surface area contributed by atoms with Gasteiger partial charge in [0.15, 0.2) is 0 Å².